The van der Waals surface area contributed by atoms with Crippen LogP contribution >= 0.6 is 0 Å². The lowest BCUT2D eigenvalue weighted by molar-refractivity contribution is 0.415. The monoisotopic (exact) mass is 291 g/mol. The molecule has 0 radical (unpaired) electrons. The predicted octanol–water partition coefficient (Wildman–Crippen LogP) is 2.84. The Labute approximate surface area is 127 Å². The zero-order valence-corrected chi connectivity index (χ0v) is 11.9. The number of ether oxygens (including phenoxy) is 1. The van der Waals surface area contributed by atoms with Gasteiger partial charge in [-0.25, -0.2) is 9.97 Å². The molecule has 1 heterocycles. The molecule has 0 saturated heterocycles. The number of hydrogen-bond acceptors (Lipinski definition) is 6. The maximum atomic E-state index is 8.97. The highest BCUT2D eigenvalue weighted by atomic mass is 16.5. The minimum Gasteiger partial charge on any atom is -0.497 e. The standard InChI is InChI=1S/C16H13N5O/c1-22-14-2-3-15-11(6-14)9-19-16(21-15)20-13-5-10(8-17)4-12(18)7-13/h2-7,9H,18H2,1H3,(H,19,20,21). The Morgan fingerprint density at radius 3 is 2.86 bits per heavy atom. The van der Waals surface area contributed by atoms with Gasteiger partial charge in [-0.15, -0.1) is 0 Å². The first-order valence-corrected chi connectivity index (χ1v) is 6.56. The number of nitrogen functional groups attached to an aromatic ring is 1. The third-order valence-electron chi connectivity index (χ3n) is 3.13. The third kappa shape index (κ3) is 2.74. The molecule has 3 rings (SSSR count). The van der Waals surface area contributed by atoms with E-state index in [0.717, 1.165) is 16.7 Å². The molecule has 0 bridgehead atoms. The van der Waals surface area contributed by atoms with Crippen molar-refractivity contribution >= 4 is 28.2 Å². The fourth-order valence-corrected chi connectivity index (χ4v) is 2.12. The number of hydrogen-bond donors (Lipinski definition) is 2. The van der Waals surface area contributed by atoms with Crippen LogP contribution in [0.5, 0.6) is 5.75 Å². The molecular formula is C16H13N5O. The molecule has 0 fully saturated rings. The molecule has 2 aromatic carbocycles. The summed E-state index contributed by atoms with van der Waals surface area (Å²) < 4.78 is 5.17. The summed E-state index contributed by atoms with van der Waals surface area (Å²) >= 11 is 0. The molecule has 6 nitrogen and oxygen atoms in total. The zero-order valence-electron chi connectivity index (χ0n) is 11.9. The fraction of sp³-hybridized carbons (Fsp3) is 0.0625. The normalized spacial score (nSPS) is 10.2. The first kappa shape index (κ1) is 13.6. The van der Waals surface area contributed by atoms with Crippen LogP contribution < -0.4 is 15.8 Å². The van der Waals surface area contributed by atoms with E-state index in [-0.39, 0.29) is 0 Å². The summed E-state index contributed by atoms with van der Waals surface area (Å²) in [6, 6.07) is 12.7. The van der Waals surface area contributed by atoms with Gasteiger partial charge in [0.15, 0.2) is 0 Å². The maximum absolute atomic E-state index is 8.97. The highest BCUT2D eigenvalue weighted by Gasteiger charge is 2.04. The van der Waals surface area contributed by atoms with Gasteiger partial charge in [0.05, 0.1) is 24.3 Å². The van der Waals surface area contributed by atoms with E-state index >= 15 is 0 Å². The number of methoxy groups -OCH3 is 1. The van der Waals surface area contributed by atoms with Crippen LogP contribution in [0.2, 0.25) is 0 Å². The fourth-order valence-electron chi connectivity index (χ4n) is 2.12. The van der Waals surface area contributed by atoms with Crippen molar-refractivity contribution in [3.8, 4) is 11.8 Å². The molecule has 3 N–H and O–H groups in total. The number of nitrogens with two attached hydrogens (primary N) is 1. The molecular weight excluding hydrogens is 278 g/mol. The van der Waals surface area contributed by atoms with Gasteiger partial charge in [0.25, 0.3) is 0 Å². The molecule has 3 aromatic rings. The van der Waals surface area contributed by atoms with Crippen LogP contribution in [-0.4, -0.2) is 17.1 Å². The van der Waals surface area contributed by atoms with Crippen molar-refractivity contribution in [2.45, 2.75) is 0 Å². The van der Waals surface area contributed by atoms with Crippen LogP contribution in [-0.2, 0) is 0 Å². The first-order chi connectivity index (χ1) is 10.7. The van der Waals surface area contributed by atoms with Crippen molar-refractivity contribution in [1.29, 1.82) is 5.26 Å². The summed E-state index contributed by atoms with van der Waals surface area (Å²) in [6.45, 7) is 0. The summed E-state index contributed by atoms with van der Waals surface area (Å²) in [6.07, 6.45) is 1.71. The number of anilines is 3. The molecule has 0 aliphatic heterocycles. The number of nitrogens with one attached hydrogen (secondary N) is 1. The summed E-state index contributed by atoms with van der Waals surface area (Å²) in [4.78, 5) is 8.69. The van der Waals surface area contributed by atoms with Crippen LogP contribution in [0.15, 0.2) is 42.6 Å². The Morgan fingerprint density at radius 1 is 1.23 bits per heavy atom. The number of nitrogens with zero attached hydrogens (tertiary/aromatic N) is 3. The van der Waals surface area contributed by atoms with Crippen LogP contribution in [0.3, 0.4) is 0 Å². The van der Waals surface area contributed by atoms with E-state index in [1.54, 1.807) is 31.5 Å². The Morgan fingerprint density at radius 2 is 2.09 bits per heavy atom. The SMILES string of the molecule is COc1ccc2nc(Nc3cc(N)cc(C#N)c3)ncc2c1. The molecule has 0 aliphatic carbocycles. The summed E-state index contributed by atoms with van der Waals surface area (Å²) in [7, 11) is 1.62. The van der Waals surface area contributed by atoms with E-state index in [9.17, 15) is 0 Å². The van der Waals surface area contributed by atoms with Crippen molar-refractivity contribution in [3.63, 3.8) is 0 Å². The van der Waals surface area contributed by atoms with E-state index < -0.39 is 0 Å². The lowest BCUT2D eigenvalue weighted by atomic mass is 10.2. The largest absolute Gasteiger partial charge is 0.497 e. The quantitative estimate of drug-likeness (QED) is 0.720. The Balaban J connectivity index is 1.94. The van der Waals surface area contributed by atoms with E-state index in [4.69, 9.17) is 15.7 Å². The smallest absolute Gasteiger partial charge is 0.227 e. The minimum absolute atomic E-state index is 0.437. The van der Waals surface area contributed by atoms with Gasteiger partial charge in [0, 0.05) is 23.0 Å². The maximum Gasteiger partial charge on any atom is 0.227 e. The minimum atomic E-state index is 0.437. The lowest BCUT2D eigenvalue weighted by Gasteiger charge is -2.07. The van der Waals surface area contributed by atoms with E-state index in [1.807, 2.05) is 18.2 Å². The van der Waals surface area contributed by atoms with Gasteiger partial charge in [-0.1, -0.05) is 0 Å². The van der Waals surface area contributed by atoms with Crippen LogP contribution in [0.4, 0.5) is 17.3 Å². The molecule has 1 aromatic heterocycles. The molecule has 0 aliphatic rings. The topological polar surface area (TPSA) is 96.9 Å². The molecule has 0 saturated carbocycles. The van der Waals surface area contributed by atoms with Crippen LogP contribution in [0, 0.1) is 11.3 Å². The highest BCUT2D eigenvalue weighted by Crippen LogP contribution is 2.22. The second-order valence-corrected chi connectivity index (χ2v) is 4.70. The molecule has 0 amide bonds. The Kier molecular flexibility index (Phi) is 3.46. The number of nitriles is 1. The van der Waals surface area contributed by atoms with Crippen molar-refractivity contribution in [3.05, 3.63) is 48.2 Å². The van der Waals surface area contributed by atoms with Crippen LogP contribution in [0.25, 0.3) is 10.9 Å². The second-order valence-electron chi connectivity index (χ2n) is 4.70. The number of rotatable bonds is 3. The van der Waals surface area contributed by atoms with E-state index in [0.29, 0.717) is 22.9 Å². The van der Waals surface area contributed by atoms with Crippen molar-refractivity contribution in [1.82, 2.24) is 9.97 Å². The van der Waals surface area contributed by atoms with Gasteiger partial charge in [-0.3, -0.25) is 0 Å². The van der Waals surface area contributed by atoms with Crippen molar-refractivity contribution in [2.24, 2.45) is 0 Å². The van der Waals surface area contributed by atoms with Gasteiger partial charge < -0.3 is 15.8 Å². The van der Waals surface area contributed by atoms with Crippen molar-refractivity contribution < 1.29 is 4.74 Å². The van der Waals surface area contributed by atoms with Crippen molar-refractivity contribution in [2.75, 3.05) is 18.2 Å². The average molecular weight is 291 g/mol. The van der Waals surface area contributed by atoms with Crippen LogP contribution in [0.1, 0.15) is 5.56 Å². The molecule has 108 valence electrons. The molecule has 0 atom stereocenters. The van der Waals surface area contributed by atoms with Gasteiger partial charge in [0.2, 0.25) is 5.95 Å². The Bertz CT molecular complexity index is 885. The van der Waals surface area contributed by atoms with E-state index in [2.05, 4.69) is 21.4 Å². The summed E-state index contributed by atoms with van der Waals surface area (Å²) in [5, 5.41) is 12.9. The number of benzene rings is 2. The third-order valence-corrected chi connectivity index (χ3v) is 3.13. The zero-order chi connectivity index (χ0) is 15.5. The molecule has 22 heavy (non-hydrogen) atoms. The number of fused-ring (bicyclic) bond motifs is 1. The van der Waals surface area contributed by atoms with Gasteiger partial charge in [-0.05, 0) is 36.4 Å². The molecule has 6 heteroatoms. The van der Waals surface area contributed by atoms with Gasteiger partial charge in [0.1, 0.15) is 5.75 Å². The first-order valence-electron chi connectivity index (χ1n) is 6.56. The lowest BCUT2D eigenvalue weighted by Crippen LogP contribution is -1.98. The molecule has 0 unspecified atom stereocenters. The predicted molar refractivity (Wildman–Crippen MR) is 84.9 cm³/mol. The highest BCUT2D eigenvalue weighted by molar-refractivity contribution is 5.80. The van der Waals surface area contributed by atoms with E-state index in [1.165, 1.54) is 0 Å². The summed E-state index contributed by atoms with van der Waals surface area (Å²) in [5.74, 6) is 1.19. The van der Waals surface area contributed by atoms with Gasteiger partial charge >= 0.3 is 0 Å². The average Bonchev–Trinajstić information content (AvgIpc) is 2.53. The second kappa shape index (κ2) is 5.58. The van der Waals surface area contributed by atoms with Gasteiger partial charge in [-0.2, -0.15) is 5.26 Å². The number of aromatic nitrogens is 2. The summed E-state index contributed by atoms with van der Waals surface area (Å²) in [5.41, 5.74) is 8.22. The Hall–Kier alpha value is -3.33. The molecule has 0 spiro atoms.